The van der Waals surface area contributed by atoms with Crippen LogP contribution in [0.3, 0.4) is 0 Å². The fraction of sp³-hybridized carbons (Fsp3) is 0.263. The lowest BCUT2D eigenvalue weighted by Gasteiger charge is -2.15. The van der Waals surface area contributed by atoms with Gasteiger partial charge in [-0.2, -0.15) is 0 Å². The van der Waals surface area contributed by atoms with Crippen LogP contribution in [0.2, 0.25) is 0 Å². The van der Waals surface area contributed by atoms with Crippen molar-refractivity contribution in [2.75, 3.05) is 13.1 Å². The maximum absolute atomic E-state index is 3.38. The topological polar surface area (TPSA) is 19.0 Å². The van der Waals surface area contributed by atoms with Crippen LogP contribution in [0.25, 0.3) is 10.9 Å². The molecule has 0 aliphatic carbocycles. The van der Waals surface area contributed by atoms with Crippen LogP contribution in [-0.4, -0.2) is 23.0 Å². The third kappa shape index (κ3) is 2.47. The first-order chi connectivity index (χ1) is 10.4. The predicted octanol–water partition coefficient (Wildman–Crippen LogP) is 4.16. The second-order valence-electron chi connectivity index (χ2n) is 5.99. The Bertz CT molecular complexity index is 729. The quantitative estimate of drug-likeness (QED) is 0.761. The molecule has 0 saturated carbocycles. The van der Waals surface area contributed by atoms with E-state index in [1.165, 1.54) is 41.5 Å². The summed E-state index contributed by atoms with van der Waals surface area (Å²) in [4.78, 5) is 5.96. The van der Waals surface area contributed by atoms with Gasteiger partial charge in [0.15, 0.2) is 0 Å². The number of aromatic amines is 1. The van der Waals surface area contributed by atoms with Crippen LogP contribution in [0.4, 0.5) is 0 Å². The number of aromatic nitrogens is 1. The summed E-state index contributed by atoms with van der Waals surface area (Å²) in [5.74, 6) is 0.691. The Kier molecular flexibility index (Phi) is 3.24. The maximum Gasteiger partial charge on any atom is 0.0457 e. The van der Waals surface area contributed by atoms with Crippen LogP contribution in [0.15, 0.2) is 60.8 Å². The number of fused-ring (bicyclic) bond motifs is 1. The molecule has 1 N–H and O–H groups in total. The number of para-hydroxylation sites is 1. The Morgan fingerprint density at radius 2 is 1.81 bits per heavy atom. The lowest BCUT2D eigenvalue weighted by molar-refractivity contribution is 0.328. The second-order valence-corrected chi connectivity index (χ2v) is 5.99. The summed E-state index contributed by atoms with van der Waals surface area (Å²) in [5, 5.41) is 1.36. The molecular weight excluding hydrogens is 256 g/mol. The molecule has 21 heavy (non-hydrogen) atoms. The third-order valence-corrected chi connectivity index (χ3v) is 4.61. The first-order valence-electron chi connectivity index (χ1n) is 7.72. The molecule has 4 rings (SSSR count). The lowest BCUT2D eigenvalue weighted by Crippen LogP contribution is -2.19. The molecule has 2 heteroatoms. The summed E-state index contributed by atoms with van der Waals surface area (Å²) in [6.45, 7) is 3.41. The zero-order chi connectivity index (χ0) is 14.1. The molecule has 1 saturated heterocycles. The number of likely N-dealkylation sites (tertiary alicyclic amines) is 1. The average Bonchev–Trinajstić information content (AvgIpc) is 3.17. The van der Waals surface area contributed by atoms with Crippen LogP contribution >= 0.6 is 0 Å². The highest BCUT2D eigenvalue weighted by molar-refractivity contribution is 5.82. The predicted molar refractivity (Wildman–Crippen MR) is 87.4 cm³/mol. The Balaban J connectivity index is 1.49. The molecule has 1 unspecified atom stereocenters. The fourth-order valence-electron chi connectivity index (χ4n) is 3.48. The van der Waals surface area contributed by atoms with Crippen molar-refractivity contribution in [1.82, 2.24) is 9.88 Å². The summed E-state index contributed by atoms with van der Waals surface area (Å²) in [6.07, 6.45) is 3.44. The fourth-order valence-corrected chi connectivity index (χ4v) is 3.48. The van der Waals surface area contributed by atoms with E-state index in [0.717, 1.165) is 6.54 Å². The van der Waals surface area contributed by atoms with Gasteiger partial charge in [-0.3, -0.25) is 4.90 Å². The molecule has 2 nitrogen and oxygen atoms in total. The molecule has 1 aliphatic heterocycles. The molecule has 2 heterocycles. The van der Waals surface area contributed by atoms with Crippen LogP contribution in [-0.2, 0) is 6.54 Å². The van der Waals surface area contributed by atoms with E-state index in [9.17, 15) is 0 Å². The normalized spacial score (nSPS) is 19.3. The largest absolute Gasteiger partial charge is 0.361 e. The van der Waals surface area contributed by atoms with Gasteiger partial charge < -0.3 is 4.98 Å². The van der Waals surface area contributed by atoms with E-state index in [0.29, 0.717) is 5.92 Å². The van der Waals surface area contributed by atoms with Gasteiger partial charge in [0.05, 0.1) is 0 Å². The van der Waals surface area contributed by atoms with E-state index < -0.39 is 0 Å². The van der Waals surface area contributed by atoms with Gasteiger partial charge in [0.2, 0.25) is 0 Å². The zero-order valence-corrected chi connectivity index (χ0v) is 12.1. The van der Waals surface area contributed by atoms with E-state index >= 15 is 0 Å². The number of H-pyrrole nitrogens is 1. The summed E-state index contributed by atoms with van der Waals surface area (Å²) >= 11 is 0. The van der Waals surface area contributed by atoms with Crippen molar-refractivity contribution in [2.45, 2.75) is 18.9 Å². The Morgan fingerprint density at radius 1 is 1.00 bits per heavy atom. The van der Waals surface area contributed by atoms with Crippen LogP contribution < -0.4 is 0 Å². The molecule has 0 bridgehead atoms. The minimum Gasteiger partial charge on any atom is -0.361 e. The van der Waals surface area contributed by atoms with E-state index in [1.54, 1.807) is 0 Å². The number of nitrogens with one attached hydrogen (secondary N) is 1. The Morgan fingerprint density at radius 3 is 2.71 bits per heavy atom. The Hall–Kier alpha value is -2.06. The lowest BCUT2D eigenvalue weighted by atomic mass is 9.99. The van der Waals surface area contributed by atoms with Crippen molar-refractivity contribution in [3.05, 3.63) is 71.9 Å². The van der Waals surface area contributed by atoms with E-state index in [2.05, 4.69) is 70.7 Å². The molecule has 106 valence electrons. The molecule has 0 spiro atoms. The van der Waals surface area contributed by atoms with Crippen molar-refractivity contribution >= 4 is 10.9 Å². The molecule has 1 fully saturated rings. The maximum atomic E-state index is 3.38. The molecule has 1 aromatic heterocycles. The summed E-state index contributed by atoms with van der Waals surface area (Å²) in [5.41, 5.74) is 4.14. The van der Waals surface area contributed by atoms with Crippen LogP contribution in [0.5, 0.6) is 0 Å². The number of hydrogen-bond acceptors (Lipinski definition) is 1. The van der Waals surface area contributed by atoms with Gasteiger partial charge in [0, 0.05) is 30.2 Å². The highest BCUT2D eigenvalue weighted by Crippen LogP contribution is 2.29. The molecule has 0 radical (unpaired) electrons. The van der Waals surface area contributed by atoms with Gasteiger partial charge in [-0.1, -0.05) is 48.5 Å². The standard InChI is InChI=1S/C19H20N2/c1-2-6-15(7-3-1)16-10-11-21(13-16)14-17-12-20-19-9-5-4-8-18(17)19/h1-9,12,16,20H,10-11,13-14H2. The molecule has 1 atom stereocenters. The van der Waals surface area contributed by atoms with Gasteiger partial charge in [-0.15, -0.1) is 0 Å². The highest BCUT2D eigenvalue weighted by Gasteiger charge is 2.24. The van der Waals surface area contributed by atoms with Gasteiger partial charge in [-0.05, 0) is 36.1 Å². The number of nitrogens with zero attached hydrogens (tertiary/aromatic N) is 1. The highest BCUT2D eigenvalue weighted by atomic mass is 15.1. The second kappa shape index (κ2) is 5.38. The van der Waals surface area contributed by atoms with Gasteiger partial charge in [-0.25, -0.2) is 0 Å². The molecule has 2 aromatic carbocycles. The zero-order valence-electron chi connectivity index (χ0n) is 12.1. The Labute approximate surface area is 125 Å². The number of hydrogen-bond donors (Lipinski definition) is 1. The van der Waals surface area contributed by atoms with Crippen molar-refractivity contribution in [2.24, 2.45) is 0 Å². The average molecular weight is 276 g/mol. The molecule has 1 aliphatic rings. The van der Waals surface area contributed by atoms with E-state index in [-0.39, 0.29) is 0 Å². The minimum atomic E-state index is 0.691. The van der Waals surface area contributed by atoms with Gasteiger partial charge >= 0.3 is 0 Å². The molecule has 3 aromatic rings. The van der Waals surface area contributed by atoms with Gasteiger partial charge in [0.1, 0.15) is 0 Å². The number of benzene rings is 2. The monoisotopic (exact) mass is 276 g/mol. The van der Waals surface area contributed by atoms with Gasteiger partial charge in [0.25, 0.3) is 0 Å². The SMILES string of the molecule is c1ccc(C2CCN(Cc3c[nH]c4ccccc34)C2)cc1. The molecular formula is C19H20N2. The minimum absolute atomic E-state index is 0.691. The van der Waals surface area contributed by atoms with E-state index in [1.807, 2.05) is 0 Å². The van der Waals surface area contributed by atoms with Crippen LogP contribution in [0.1, 0.15) is 23.5 Å². The summed E-state index contributed by atoms with van der Waals surface area (Å²) < 4.78 is 0. The first-order valence-corrected chi connectivity index (χ1v) is 7.72. The van der Waals surface area contributed by atoms with Crippen molar-refractivity contribution < 1.29 is 0 Å². The van der Waals surface area contributed by atoms with Crippen LogP contribution in [0, 0.1) is 0 Å². The smallest absolute Gasteiger partial charge is 0.0457 e. The van der Waals surface area contributed by atoms with E-state index in [4.69, 9.17) is 0 Å². The third-order valence-electron chi connectivity index (χ3n) is 4.61. The van der Waals surface area contributed by atoms with Crippen molar-refractivity contribution in [3.8, 4) is 0 Å². The van der Waals surface area contributed by atoms with Crippen molar-refractivity contribution in [1.29, 1.82) is 0 Å². The van der Waals surface area contributed by atoms with Crippen molar-refractivity contribution in [3.63, 3.8) is 0 Å². The summed E-state index contributed by atoms with van der Waals surface area (Å²) in [7, 11) is 0. The first kappa shape index (κ1) is 12.7. The molecule has 0 amide bonds. The number of rotatable bonds is 3. The summed E-state index contributed by atoms with van der Waals surface area (Å²) in [6, 6.07) is 19.5.